The number of hydrogen-bond donors (Lipinski definition) is 0. The maximum Gasteiger partial charge on any atom is -0.0190 e. The van der Waals surface area contributed by atoms with Crippen molar-refractivity contribution in [3.05, 3.63) is 54.6 Å². The van der Waals surface area contributed by atoms with Crippen LogP contribution in [0.2, 0.25) is 0 Å². The van der Waals surface area contributed by atoms with Crippen molar-refractivity contribution in [2.45, 2.75) is 27.2 Å². The summed E-state index contributed by atoms with van der Waals surface area (Å²) in [7, 11) is 0. The Hall–Kier alpha value is -1.30. The molecule has 0 saturated carbocycles. The van der Waals surface area contributed by atoms with Crippen LogP contribution in [0.15, 0.2) is 49.1 Å². The second kappa shape index (κ2) is 8.31. The third kappa shape index (κ3) is 4.66. The summed E-state index contributed by atoms with van der Waals surface area (Å²) in [5, 5.41) is 0. The maximum atomic E-state index is 3.98. The van der Waals surface area contributed by atoms with Gasteiger partial charge in [0.05, 0.1) is 0 Å². The molecule has 0 nitrogen and oxygen atoms in total. The van der Waals surface area contributed by atoms with E-state index in [2.05, 4.69) is 37.8 Å². The molecule has 1 aromatic rings. The molecule has 0 radical (unpaired) electrons. The minimum absolute atomic E-state index is 1.06. The van der Waals surface area contributed by atoms with E-state index in [1.807, 2.05) is 32.0 Å². The monoisotopic (exact) mass is 188 g/mol. The molecular formula is C14H20. The van der Waals surface area contributed by atoms with Crippen LogP contribution in [0.5, 0.6) is 0 Å². The first-order chi connectivity index (χ1) is 6.84. The summed E-state index contributed by atoms with van der Waals surface area (Å²) < 4.78 is 0. The van der Waals surface area contributed by atoms with E-state index in [0.717, 1.165) is 12.0 Å². The molecule has 0 unspecified atom stereocenters. The maximum absolute atomic E-state index is 3.98. The quantitative estimate of drug-likeness (QED) is 0.603. The zero-order valence-electron chi connectivity index (χ0n) is 9.46. The summed E-state index contributed by atoms with van der Waals surface area (Å²) in [5.74, 6) is 0. The van der Waals surface area contributed by atoms with Crippen LogP contribution in [-0.4, -0.2) is 0 Å². The predicted octanol–water partition coefficient (Wildman–Crippen LogP) is 4.69. The molecule has 0 atom stereocenters. The Balaban J connectivity index is 0.000000791. The molecular weight excluding hydrogens is 168 g/mol. The molecule has 0 fully saturated rings. The molecule has 14 heavy (non-hydrogen) atoms. The Labute approximate surface area is 88.0 Å². The van der Waals surface area contributed by atoms with E-state index < -0.39 is 0 Å². The lowest BCUT2D eigenvalue weighted by Crippen LogP contribution is -1.76. The van der Waals surface area contributed by atoms with Gasteiger partial charge in [0.2, 0.25) is 0 Å². The first-order valence-electron chi connectivity index (χ1n) is 5.25. The van der Waals surface area contributed by atoms with Crippen molar-refractivity contribution in [2.24, 2.45) is 0 Å². The number of benzene rings is 1. The number of hydrogen-bond acceptors (Lipinski definition) is 0. The van der Waals surface area contributed by atoms with Gasteiger partial charge < -0.3 is 0 Å². The second-order valence-electron chi connectivity index (χ2n) is 2.70. The minimum atomic E-state index is 1.06. The number of rotatable bonds is 3. The van der Waals surface area contributed by atoms with Crippen LogP contribution in [0.25, 0.3) is 5.57 Å². The third-order valence-corrected chi connectivity index (χ3v) is 1.70. The molecule has 1 aromatic carbocycles. The van der Waals surface area contributed by atoms with E-state index in [9.17, 15) is 0 Å². The van der Waals surface area contributed by atoms with Gasteiger partial charge in [0, 0.05) is 0 Å². The summed E-state index contributed by atoms with van der Waals surface area (Å²) in [5.41, 5.74) is 2.28. The van der Waals surface area contributed by atoms with E-state index in [4.69, 9.17) is 0 Å². The van der Waals surface area contributed by atoms with Gasteiger partial charge in [-0.25, -0.2) is 0 Å². The summed E-state index contributed by atoms with van der Waals surface area (Å²) in [6.07, 6.45) is 5.25. The lowest BCUT2D eigenvalue weighted by atomic mass is 10.1. The van der Waals surface area contributed by atoms with Crippen molar-refractivity contribution in [1.29, 1.82) is 0 Å². The Morgan fingerprint density at radius 1 is 1.21 bits per heavy atom. The average molecular weight is 188 g/mol. The first-order valence-corrected chi connectivity index (χ1v) is 5.25. The van der Waals surface area contributed by atoms with Crippen LogP contribution >= 0.6 is 0 Å². The van der Waals surface area contributed by atoms with Crippen LogP contribution in [0, 0.1) is 0 Å². The third-order valence-electron chi connectivity index (χ3n) is 1.70. The Morgan fingerprint density at radius 2 is 1.79 bits per heavy atom. The van der Waals surface area contributed by atoms with E-state index in [1.165, 1.54) is 5.56 Å². The van der Waals surface area contributed by atoms with Crippen LogP contribution in [-0.2, 0) is 0 Å². The molecule has 0 heterocycles. The van der Waals surface area contributed by atoms with Crippen molar-refractivity contribution < 1.29 is 0 Å². The van der Waals surface area contributed by atoms with Crippen molar-refractivity contribution in [2.75, 3.05) is 0 Å². The summed E-state index contributed by atoms with van der Waals surface area (Å²) >= 11 is 0. The smallest absolute Gasteiger partial charge is 0.0190 e. The lowest BCUT2D eigenvalue weighted by Gasteiger charge is -1.97. The topological polar surface area (TPSA) is 0 Å². The van der Waals surface area contributed by atoms with Crippen molar-refractivity contribution in [3.8, 4) is 0 Å². The highest BCUT2D eigenvalue weighted by molar-refractivity contribution is 5.71. The molecule has 0 N–H and O–H groups in total. The van der Waals surface area contributed by atoms with Gasteiger partial charge >= 0.3 is 0 Å². The molecule has 0 bridgehead atoms. The van der Waals surface area contributed by atoms with Gasteiger partial charge in [-0.15, -0.1) is 0 Å². The summed E-state index contributed by atoms with van der Waals surface area (Å²) in [4.78, 5) is 0. The Morgan fingerprint density at radius 3 is 2.29 bits per heavy atom. The fraction of sp³-hybridized carbons (Fsp3) is 0.286. The zero-order chi connectivity index (χ0) is 10.8. The van der Waals surface area contributed by atoms with Crippen molar-refractivity contribution in [1.82, 2.24) is 0 Å². The van der Waals surface area contributed by atoms with Crippen LogP contribution in [0.1, 0.15) is 32.8 Å². The predicted molar refractivity (Wildman–Crippen MR) is 66.3 cm³/mol. The molecule has 0 heteroatoms. The van der Waals surface area contributed by atoms with Gasteiger partial charge in [-0.2, -0.15) is 0 Å². The van der Waals surface area contributed by atoms with Gasteiger partial charge in [0.25, 0.3) is 0 Å². The average Bonchev–Trinajstić information content (AvgIpc) is 2.30. The fourth-order valence-electron chi connectivity index (χ4n) is 1.01. The highest BCUT2D eigenvalue weighted by Crippen LogP contribution is 2.12. The minimum Gasteiger partial charge on any atom is -0.0912 e. The van der Waals surface area contributed by atoms with Gasteiger partial charge in [-0.05, 0) is 17.6 Å². The Kier molecular flexibility index (Phi) is 7.53. The van der Waals surface area contributed by atoms with Gasteiger partial charge in [-0.1, -0.05) is 69.8 Å². The van der Waals surface area contributed by atoms with Crippen LogP contribution in [0.3, 0.4) is 0 Å². The normalized spacial score (nSPS) is 9.36. The van der Waals surface area contributed by atoms with Gasteiger partial charge in [0.1, 0.15) is 0 Å². The molecule has 0 aromatic heterocycles. The molecule has 0 aliphatic rings. The van der Waals surface area contributed by atoms with E-state index in [0.29, 0.717) is 0 Å². The van der Waals surface area contributed by atoms with E-state index in [-0.39, 0.29) is 0 Å². The lowest BCUT2D eigenvalue weighted by molar-refractivity contribution is 1.23. The molecule has 0 aliphatic carbocycles. The van der Waals surface area contributed by atoms with Crippen LogP contribution < -0.4 is 0 Å². The summed E-state index contributed by atoms with van der Waals surface area (Å²) in [6.45, 7) is 10.1. The van der Waals surface area contributed by atoms with E-state index >= 15 is 0 Å². The Bertz CT molecular complexity index is 267. The molecule has 0 amide bonds. The fourth-order valence-corrected chi connectivity index (χ4v) is 1.01. The molecule has 0 saturated heterocycles. The molecule has 1 rings (SSSR count). The number of allylic oxidation sites excluding steroid dienone is 3. The molecule has 76 valence electrons. The zero-order valence-corrected chi connectivity index (χ0v) is 9.46. The van der Waals surface area contributed by atoms with Crippen LogP contribution in [0.4, 0.5) is 0 Å². The molecule has 0 spiro atoms. The van der Waals surface area contributed by atoms with E-state index in [1.54, 1.807) is 0 Å². The molecule has 0 aliphatic heterocycles. The SMILES string of the molecule is C=C(/C=C\CC)c1ccccc1.CC. The second-order valence-corrected chi connectivity index (χ2v) is 2.70. The highest BCUT2D eigenvalue weighted by atomic mass is 14.0. The van der Waals surface area contributed by atoms with Crippen molar-refractivity contribution in [3.63, 3.8) is 0 Å². The van der Waals surface area contributed by atoms with Gasteiger partial charge in [0.15, 0.2) is 0 Å². The first kappa shape index (κ1) is 12.7. The standard InChI is InChI=1S/C12H14.C2H6/c1-3-4-8-11(2)12-9-6-5-7-10-12;1-2/h4-10H,2-3H2,1H3;1-2H3/b8-4-;. The summed E-state index contributed by atoms with van der Waals surface area (Å²) in [6, 6.07) is 10.2. The highest BCUT2D eigenvalue weighted by Gasteiger charge is 1.90. The van der Waals surface area contributed by atoms with Gasteiger partial charge in [-0.3, -0.25) is 0 Å². The largest absolute Gasteiger partial charge is 0.0912 e. The van der Waals surface area contributed by atoms with Crippen molar-refractivity contribution >= 4 is 5.57 Å².